The Morgan fingerprint density at radius 2 is 1.81 bits per heavy atom. The third kappa shape index (κ3) is 4.43. The fraction of sp³-hybridized carbons (Fsp3) is 0.500. The molecule has 0 fully saturated rings. The number of aryl methyl sites for hydroxylation is 1. The maximum Gasteiger partial charge on any atom is 0.0659 e. The molecule has 114 valence electrons. The summed E-state index contributed by atoms with van der Waals surface area (Å²) in [6.07, 6.45) is 7.51. The molecule has 0 aliphatic heterocycles. The first-order valence-electron chi connectivity index (χ1n) is 8.10. The number of hydrogen-bond donors (Lipinski definition) is 1. The molecule has 2 rings (SSSR count). The standard InChI is InChI=1S/C18H27N3/c1-4-11-19-18(6-3)17-12-20-21(14-17)13-16-9-7-15(5-2)8-10-16/h7-10,12,14,18-19H,4-6,11,13H2,1-3H3. The Hall–Kier alpha value is -1.61. The van der Waals surface area contributed by atoms with Crippen molar-refractivity contribution in [2.24, 2.45) is 0 Å². The van der Waals surface area contributed by atoms with Crippen molar-refractivity contribution < 1.29 is 0 Å². The average molecular weight is 285 g/mol. The highest BCUT2D eigenvalue weighted by Crippen LogP contribution is 2.16. The molecule has 0 bridgehead atoms. The summed E-state index contributed by atoms with van der Waals surface area (Å²) in [7, 11) is 0. The lowest BCUT2D eigenvalue weighted by Gasteiger charge is -2.14. The predicted octanol–water partition coefficient (Wildman–Crippen LogP) is 3.94. The van der Waals surface area contributed by atoms with Gasteiger partial charge in [0.25, 0.3) is 0 Å². The van der Waals surface area contributed by atoms with E-state index < -0.39 is 0 Å². The van der Waals surface area contributed by atoms with Gasteiger partial charge in [-0.1, -0.05) is 45.0 Å². The summed E-state index contributed by atoms with van der Waals surface area (Å²) in [4.78, 5) is 0. The second kappa shape index (κ2) is 7.99. The minimum Gasteiger partial charge on any atom is -0.310 e. The SMILES string of the molecule is CCCNC(CC)c1cnn(Cc2ccc(CC)cc2)c1. The molecule has 0 aliphatic rings. The maximum atomic E-state index is 4.51. The Kier molecular flexibility index (Phi) is 6.00. The van der Waals surface area contributed by atoms with E-state index in [0.717, 1.165) is 32.4 Å². The zero-order valence-electron chi connectivity index (χ0n) is 13.5. The predicted molar refractivity (Wildman–Crippen MR) is 88.5 cm³/mol. The van der Waals surface area contributed by atoms with E-state index >= 15 is 0 Å². The van der Waals surface area contributed by atoms with Crippen LogP contribution in [0.2, 0.25) is 0 Å². The van der Waals surface area contributed by atoms with Gasteiger partial charge in [-0.15, -0.1) is 0 Å². The monoisotopic (exact) mass is 285 g/mol. The van der Waals surface area contributed by atoms with Crippen molar-refractivity contribution in [2.45, 2.75) is 52.6 Å². The molecule has 0 saturated carbocycles. The lowest BCUT2D eigenvalue weighted by atomic mass is 10.1. The largest absolute Gasteiger partial charge is 0.310 e. The first-order chi connectivity index (χ1) is 10.3. The Labute approximate surface area is 128 Å². The topological polar surface area (TPSA) is 29.9 Å². The fourth-order valence-electron chi connectivity index (χ4n) is 2.53. The van der Waals surface area contributed by atoms with Gasteiger partial charge in [0.15, 0.2) is 0 Å². The first-order valence-corrected chi connectivity index (χ1v) is 8.10. The van der Waals surface area contributed by atoms with Gasteiger partial charge in [0.2, 0.25) is 0 Å². The molecule has 3 nitrogen and oxygen atoms in total. The van der Waals surface area contributed by atoms with Crippen molar-refractivity contribution in [3.8, 4) is 0 Å². The van der Waals surface area contributed by atoms with E-state index in [1.165, 1.54) is 16.7 Å². The molecule has 2 aromatic rings. The fourth-order valence-corrected chi connectivity index (χ4v) is 2.53. The van der Waals surface area contributed by atoms with Crippen LogP contribution in [-0.4, -0.2) is 16.3 Å². The molecule has 0 aliphatic carbocycles. The lowest BCUT2D eigenvalue weighted by molar-refractivity contribution is 0.517. The molecular formula is C18H27N3. The smallest absolute Gasteiger partial charge is 0.0659 e. The highest BCUT2D eigenvalue weighted by Gasteiger charge is 2.10. The lowest BCUT2D eigenvalue weighted by Crippen LogP contribution is -2.21. The van der Waals surface area contributed by atoms with Crippen LogP contribution in [-0.2, 0) is 13.0 Å². The van der Waals surface area contributed by atoms with Gasteiger partial charge in [0.05, 0.1) is 12.7 Å². The first kappa shape index (κ1) is 15.8. The number of nitrogens with zero attached hydrogens (tertiary/aromatic N) is 2. The molecule has 1 unspecified atom stereocenters. The average Bonchev–Trinajstić information content (AvgIpc) is 2.97. The molecule has 1 heterocycles. The molecule has 3 heteroatoms. The Morgan fingerprint density at radius 3 is 2.43 bits per heavy atom. The highest BCUT2D eigenvalue weighted by molar-refractivity contribution is 5.23. The van der Waals surface area contributed by atoms with E-state index in [4.69, 9.17) is 0 Å². The van der Waals surface area contributed by atoms with E-state index in [1.54, 1.807) is 0 Å². The minimum absolute atomic E-state index is 0.418. The molecule has 1 N–H and O–H groups in total. The van der Waals surface area contributed by atoms with Crippen molar-refractivity contribution >= 4 is 0 Å². The van der Waals surface area contributed by atoms with Crippen LogP contribution in [0.5, 0.6) is 0 Å². The van der Waals surface area contributed by atoms with Crippen LogP contribution in [0.1, 0.15) is 56.3 Å². The van der Waals surface area contributed by atoms with Crippen LogP contribution in [0.25, 0.3) is 0 Å². The summed E-state index contributed by atoms with van der Waals surface area (Å²) < 4.78 is 2.03. The van der Waals surface area contributed by atoms with E-state index in [-0.39, 0.29) is 0 Å². The van der Waals surface area contributed by atoms with E-state index in [9.17, 15) is 0 Å². The Bertz CT molecular complexity index is 528. The number of hydrogen-bond acceptors (Lipinski definition) is 2. The van der Waals surface area contributed by atoms with Crippen LogP contribution in [0.4, 0.5) is 0 Å². The van der Waals surface area contributed by atoms with Crippen LogP contribution < -0.4 is 5.32 Å². The summed E-state index contributed by atoms with van der Waals surface area (Å²) in [5, 5.41) is 8.08. The Morgan fingerprint density at radius 1 is 1.10 bits per heavy atom. The van der Waals surface area contributed by atoms with Crippen molar-refractivity contribution in [2.75, 3.05) is 6.54 Å². The molecule has 0 amide bonds. The normalized spacial score (nSPS) is 12.5. The van der Waals surface area contributed by atoms with Crippen molar-refractivity contribution in [1.82, 2.24) is 15.1 Å². The van der Waals surface area contributed by atoms with Gasteiger partial charge in [-0.3, -0.25) is 4.68 Å². The zero-order valence-corrected chi connectivity index (χ0v) is 13.5. The third-order valence-corrected chi connectivity index (χ3v) is 3.88. The quantitative estimate of drug-likeness (QED) is 0.796. The molecule has 1 aromatic heterocycles. The van der Waals surface area contributed by atoms with Gasteiger partial charge in [-0.2, -0.15) is 5.10 Å². The van der Waals surface area contributed by atoms with Gasteiger partial charge in [-0.25, -0.2) is 0 Å². The number of benzene rings is 1. The van der Waals surface area contributed by atoms with Gasteiger partial charge in [-0.05, 0) is 36.9 Å². The molecule has 0 radical (unpaired) electrons. The Balaban J connectivity index is 2.01. The molecule has 1 atom stereocenters. The molecule has 21 heavy (non-hydrogen) atoms. The highest BCUT2D eigenvalue weighted by atomic mass is 15.3. The third-order valence-electron chi connectivity index (χ3n) is 3.88. The van der Waals surface area contributed by atoms with Gasteiger partial charge < -0.3 is 5.32 Å². The van der Waals surface area contributed by atoms with E-state index in [0.29, 0.717) is 6.04 Å². The molecule has 1 aromatic carbocycles. The minimum atomic E-state index is 0.418. The zero-order chi connectivity index (χ0) is 15.1. The van der Waals surface area contributed by atoms with Crippen LogP contribution >= 0.6 is 0 Å². The number of rotatable bonds is 8. The molecule has 0 spiro atoms. The number of nitrogens with one attached hydrogen (secondary N) is 1. The summed E-state index contributed by atoms with van der Waals surface area (Å²) in [5.41, 5.74) is 3.97. The van der Waals surface area contributed by atoms with E-state index in [2.05, 4.69) is 61.6 Å². The van der Waals surface area contributed by atoms with Crippen molar-refractivity contribution in [3.63, 3.8) is 0 Å². The van der Waals surface area contributed by atoms with Crippen LogP contribution in [0, 0.1) is 0 Å². The maximum absolute atomic E-state index is 4.51. The molecule has 0 saturated heterocycles. The van der Waals surface area contributed by atoms with Crippen molar-refractivity contribution in [1.29, 1.82) is 0 Å². The summed E-state index contributed by atoms with van der Waals surface area (Å²) in [5.74, 6) is 0. The summed E-state index contributed by atoms with van der Waals surface area (Å²) in [6.45, 7) is 8.50. The van der Waals surface area contributed by atoms with Crippen molar-refractivity contribution in [3.05, 3.63) is 53.3 Å². The van der Waals surface area contributed by atoms with E-state index in [1.807, 2.05) is 10.9 Å². The second-order valence-electron chi connectivity index (χ2n) is 5.56. The van der Waals surface area contributed by atoms with Crippen LogP contribution in [0.15, 0.2) is 36.7 Å². The number of aromatic nitrogens is 2. The van der Waals surface area contributed by atoms with Gasteiger partial charge in [0, 0.05) is 17.8 Å². The van der Waals surface area contributed by atoms with Crippen LogP contribution in [0.3, 0.4) is 0 Å². The van der Waals surface area contributed by atoms with Gasteiger partial charge in [0.1, 0.15) is 0 Å². The van der Waals surface area contributed by atoms with Gasteiger partial charge >= 0.3 is 0 Å². The molecular weight excluding hydrogens is 258 g/mol. The summed E-state index contributed by atoms with van der Waals surface area (Å²) >= 11 is 0. The summed E-state index contributed by atoms with van der Waals surface area (Å²) in [6, 6.07) is 9.23. The second-order valence-corrected chi connectivity index (χ2v) is 5.56.